The standard InChI is InChI=1S/C25H20N2O6/c28-23-19-13-12-18(32-20(24(29)30)14-11-16-7-3-1-4-8-16)15-21(19)33-25(31)22(23)27-26-17-9-5-2-6-10-17/h1-10,12-13,15,20,28H,11,14H2,(H,29,30)/b27-26+. The molecule has 3 aromatic carbocycles. The van der Waals surface area contributed by atoms with Crippen molar-refractivity contribution in [2.24, 2.45) is 10.2 Å². The molecule has 2 N–H and O–H groups in total. The lowest BCUT2D eigenvalue weighted by Gasteiger charge is -2.15. The Morgan fingerprint density at radius 1 is 0.970 bits per heavy atom. The molecule has 1 unspecified atom stereocenters. The second-order valence-corrected chi connectivity index (χ2v) is 7.25. The number of carboxylic acid groups (broad SMARTS) is 1. The van der Waals surface area contributed by atoms with E-state index in [4.69, 9.17) is 9.15 Å². The highest BCUT2D eigenvalue weighted by Gasteiger charge is 2.21. The largest absolute Gasteiger partial charge is 0.505 e. The minimum atomic E-state index is -1.10. The van der Waals surface area contributed by atoms with Crippen molar-refractivity contribution < 1.29 is 24.2 Å². The van der Waals surface area contributed by atoms with Crippen molar-refractivity contribution in [3.8, 4) is 11.5 Å². The molecule has 0 saturated carbocycles. The third-order valence-corrected chi connectivity index (χ3v) is 4.94. The van der Waals surface area contributed by atoms with Crippen LogP contribution >= 0.6 is 0 Å². The molecule has 0 radical (unpaired) electrons. The van der Waals surface area contributed by atoms with Crippen LogP contribution < -0.4 is 10.4 Å². The van der Waals surface area contributed by atoms with Crippen molar-refractivity contribution in [2.45, 2.75) is 18.9 Å². The number of carbonyl (C=O) groups is 1. The summed E-state index contributed by atoms with van der Waals surface area (Å²) < 4.78 is 10.9. The first-order valence-electron chi connectivity index (χ1n) is 10.2. The number of carboxylic acids is 1. The van der Waals surface area contributed by atoms with Crippen LogP contribution in [0.2, 0.25) is 0 Å². The third kappa shape index (κ3) is 5.24. The Labute approximate surface area is 188 Å². The van der Waals surface area contributed by atoms with Gasteiger partial charge in [0.15, 0.2) is 11.9 Å². The minimum absolute atomic E-state index is 0.0425. The Morgan fingerprint density at radius 2 is 1.67 bits per heavy atom. The summed E-state index contributed by atoms with van der Waals surface area (Å²) in [5, 5.41) is 28.1. The van der Waals surface area contributed by atoms with Crippen LogP contribution in [0, 0.1) is 0 Å². The van der Waals surface area contributed by atoms with Crippen LogP contribution in [0.3, 0.4) is 0 Å². The second-order valence-electron chi connectivity index (χ2n) is 7.25. The number of rotatable bonds is 8. The lowest BCUT2D eigenvalue weighted by molar-refractivity contribution is -0.145. The maximum Gasteiger partial charge on any atom is 0.368 e. The molecule has 0 aliphatic carbocycles. The molecule has 8 nitrogen and oxygen atoms in total. The van der Waals surface area contributed by atoms with Crippen molar-refractivity contribution in [1.29, 1.82) is 0 Å². The van der Waals surface area contributed by atoms with Gasteiger partial charge >= 0.3 is 11.6 Å². The van der Waals surface area contributed by atoms with Crippen molar-refractivity contribution in [3.05, 3.63) is 94.8 Å². The molecule has 1 aromatic heterocycles. The number of nitrogens with zero attached hydrogens (tertiary/aromatic N) is 2. The van der Waals surface area contributed by atoms with Crippen LogP contribution in [0.4, 0.5) is 11.4 Å². The fraction of sp³-hybridized carbons (Fsp3) is 0.120. The molecule has 0 aliphatic heterocycles. The molecule has 4 rings (SSSR count). The summed E-state index contributed by atoms with van der Waals surface area (Å²) in [5.41, 5.74) is 0.345. The summed E-state index contributed by atoms with van der Waals surface area (Å²) >= 11 is 0. The van der Waals surface area contributed by atoms with Crippen LogP contribution in [0.5, 0.6) is 11.5 Å². The summed E-state index contributed by atoms with van der Waals surface area (Å²) in [6.07, 6.45) is -0.315. The number of hydrogen-bond acceptors (Lipinski definition) is 7. The zero-order valence-electron chi connectivity index (χ0n) is 17.4. The lowest BCUT2D eigenvalue weighted by Crippen LogP contribution is -2.27. The van der Waals surface area contributed by atoms with Crippen LogP contribution in [0.15, 0.2) is 98.3 Å². The third-order valence-electron chi connectivity index (χ3n) is 4.94. The van der Waals surface area contributed by atoms with Crippen LogP contribution in [-0.4, -0.2) is 22.3 Å². The first-order valence-corrected chi connectivity index (χ1v) is 10.2. The van der Waals surface area contributed by atoms with Crippen molar-refractivity contribution in [2.75, 3.05) is 0 Å². The SMILES string of the molecule is O=C(O)C(CCc1ccccc1)Oc1ccc2c(O)c(/N=N/c3ccccc3)c(=O)oc2c1. The second kappa shape index (κ2) is 9.78. The van der Waals surface area contributed by atoms with E-state index in [2.05, 4.69) is 10.2 Å². The Bertz CT molecular complexity index is 1350. The van der Waals surface area contributed by atoms with Crippen molar-refractivity contribution in [3.63, 3.8) is 0 Å². The number of aryl methyl sites for hydroxylation is 1. The summed E-state index contributed by atoms with van der Waals surface area (Å²) in [4.78, 5) is 24.0. The number of azo groups is 1. The molecule has 0 aliphatic rings. The fourth-order valence-corrected chi connectivity index (χ4v) is 3.26. The maximum atomic E-state index is 12.4. The fourth-order valence-electron chi connectivity index (χ4n) is 3.26. The maximum absolute atomic E-state index is 12.4. The molecule has 4 aromatic rings. The number of aromatic hydroxyl groups is 1. The quantitative estimate of drug-likeness (QED) is 0.278. The molecule has 0 saturated heterocycles. The number of aliphatic carboxylic acids is 1. The minimum Gasteiger partial charge on any atom is -0.505 e. The van der Waals surface area contributed by atoms with Gasteiger partial charge in [0.2, 0.25) is 5.69 Å². The van der Waals surface area contributed by atoms with E-state index in [-0.39, 0.29) is 34.6 Å². The topological polar surface area (TPSA) is 122 Å². The first kappa shape index (κ1) is 21.8. The zero-order chi connectivity index (χ0) is 23.2. The van der Waals surface area contributed by atoms with Gasteiger partial charge in [0.05, 0.1) is 11.1 Å². The zero-order valence-corrected chi connectivity index (χ0v) is 17.4. The number of fused-ring (bicyclic) bond motifs is 1. The van der Waals surface area contributed by atoms with Crippen LogP contribution in [0.25, 0.3) is 11.0 Å². The highest BCUT2D eigenvalue weighted by molar-refractivity contribution is 5.88. The van der Waals surface area contributed by atoms with Crippen LogP contribution in [0.1, 0.15) is 12.0 Å². The normalized spacial score (nSPS) is 12.1. The van der Waals surface area contributed by atoms with E-state index in [9.17, 15) is 19.8 Å². The van der Waals surface area contributed by atoms with E-state index in [1.807, 2.05) is 36.4 Å². The van der Waals surface area contributed by atoms with Gasteiger partial charge in [-0.3, -0.25) is 0 Å². The first-order chi connectivity index (χ1) is 16.0. The lowest BCUT2D eigenvalue weighted by atomic mass is 10.1. The predicted molar refractivity (Wildman–Crippen MR) is 122 cm³/mol. The van der Waals surface area contributed by atoms with Gasteiger partial charge in [0.25, 0.3) is 0 Å². The van der Waals surface area contributed by atoms with Gasteiger partial charge < -0.3 is 19.4 Å². The Balaban J connectivity index is 1.56. The van der Waals surface area contributed by atoms with E-state index >= 15 is 0 Å². The van der Waals surface area contributed by atoms with Crippen molar-refractivity contribution >= 4 is 28.3 Å². The molecular formula is C25H20N2O6. The Hall–Kier alpha value is -4.46. The average Bonchev–Trinajstić information content (AvgIpc) is 2.82. The molecule has 0 spiro atoms. The van der Waals surface area contributed by atoms with E-state index in [1.54, 1.807) is 24.3 Å². The smallest absolute Gasteiger partial charge is 0.368 e. The highest BCUT2D eigenvalue weighted by Crippen LogP contribution is 2.34. The Kier molecular flexibility index (Phi) is 6.45. The van der Waals surface area contributed by atoms with Gasteiger partial charge in [-0.15, -0.1) is 5.11 Å². The van der Waals surface area contributed by atoms with E-state index < -0.39 is 17.7 Å². The van der Waals surface area contributed by atoms with Crippen molar-refractivity contribution in [1.82, 2.24) is 0 Å². The molecule has 0 fully saturated rings. The Morgan fingerprint density at radius 3 is 2.36 bits per heavy atom. The summed E-state index contributed by atoms with van der Waals surface area (Å²) in [5.74, 6) is -1.29. The van der Waals surface area contributed by atoms with Gasteiger partial charge in [-0.2, -0.15) is 5.11 Å². The molecule has 0 amide bonds. The number of benzene rings is 3. The summed E-state index contributed by atoms with van der Waals surface area (Å²) in [6.45, 7) is 0. The number of ether oxygens (including phenoxy) is 1. The van der Waals surface area contributed by atoms with E-state index in [0.717, 1.165) is 5.56 Å². The molecule has 1 heterocycles. The highest BCUT2D eigenvalue weighted by atomic mass is 16.5. The van der Waals surface area contributed by atoms with Gasteiger partial charge in [0, 0.05) is 6.07 Å². The molecule has 0 bridgehead atoms. The molecule has 166 valence electrons. The van der Waals surface area contributed by atoms with Gasteiger partial charge in [0.1, 0.15) is 11.3 Å². The van der Waals surface area contributed by atoms with E-state index in [1.165, 1.54) is 18.2 Å². The van der Waals surface area contributed by atoms with Crippen LogP contribution in [-0.2, 0) is 11.2 Å². The molecular weight excluding hydrogens is 424 g/mol. The average molecular weight is 444 g/mol. The van der Waals surface area contributed by atoms with Gasteiger partial charge in [-0.1, -0.05) is 48.5 Å². The predicted octanol–water partition coefficient (Wildman–Crippen LogP) is 5.38. The summed E-state index contributed by atoms with van der Waals surface area (Å²) in [7, 11) is 0. The molecule has 33 heavy (non-hydrogen) atoms. The number of hydrogen-bond donors (Lipinski definition) is 2. The summed E-state index contributed by atoms with van der Waals surface area (Å²) in [6, 6.07) is 22.6. The monoisotopic (exact) mass is 444 g/mol. The molecule has 8 heteroatoms. The van der Waals surface area contributed by atoms with E-state index in [0.29, 0.717) is 12.1 Å². The molecule has 1 atom stereocenters. The van der Waals surface area contributed by atoms with Gasteiger partial charge in [-0.25, -0.2) is 9.59 Å². The van der Waals surface area contributed by atoms with Gasteiger partial charge in [-0.05, 0) is 42.7 Å².